The van der Waals surface area contributed by atoms with Crippen LogP contribution >= 0.6 is 23.2 Å². The number of rotatable bonds is 6. The van der Waals surface area contributed by atoms with Crippen molar-refractivity contribution in [2.24, 2.45) is 0 Å². The molecule has 0 spiro atoms. The first kappa shape index (κ1) is 12.5. The van der Waals surface area contributed by atoms with Gasteiger partial charge < -0.3 is 5.32 Å². The maximum Gasteiger partial charge on any atom is 0.0427 e. The van der Waals surface area contributed by atoms with E-state index in [1.165, 1.54) is 0 Å². The second kappa shape index (κ2) is 6.06. The summed E-state index contributed by atoms with van der Waals surface area (Å²) < 4.78 is 0. The molecule has 0 bridgehead atoms. The van der Waals surface area contributed by atoms with Crippen LogP contribution in [0.25, 0.3) is 0 Å². The Morgan fingerprint density at radius 1 is 1.17 bits per heavy atom. The summed E-state index contributed by atoms with van der Waals surface area (Å²) in [6.45, 7) is 6.40. The van der Waals surface area contributed by atoms with Crippen LogP contribution in [0, 0.1) is 0 Å². The third-order valence-corrected chi connectivity index (χ3v) is 3.31. The van der Waals surface area contributed by atoms with Gasteiger partial charge in [0.1, 0.15) is 0 Å². The molecule has 0 aromatic carbocycles. The van der Waals surface area contributed by atoms with Crippen molar-refractivity contribution in [3.8, 4) is 0 Å². The predicted octanol–water partition coefficient (Wildman–Crippen LogP) is 3.00. The van der Waals surface area contributed by atoms with Gasteiger partial charge in [0.05, 0.1) is 0 Å². The zero-order valence-electron chi connectivity index (χ0n) is 8.16. The molecule has 0 heterocycles. The minimum atomic E-state index is -0.111. The Balaban J connectivity index is 3.99. The summed E-state index contributed by atoms with van der Waals surface area (Å²) in [7, 11) is 0. The van der Waals surface area contributed by atoms with Gasteiger partial charge in [0.25, 0.3) is 0 Å². The van der Waals surface area contributed by atoms with Crippen molar-refractivity contribution in [2.45, 2.75) is 45.2 Å². The predicted molar refractivity (Wildman–Crippen MR) is 57.4 cm³/mol. The van der Waals surface area contributed by atoms with Crippen LogP contribution in [-0.4, -0.2) is 23.3 Å². The number of nitrogens with one attached hydrogen (secondary N) is 1. The van der Waals surface area contributed by atoms with Crippen molar-refractivity contribution in [1.29, 1.82) is 0 Å². The van der Waals surface area contributed by atoms with Crippen LogP contribution in [0.2, 0.25) is 0 Å². The lowest BCUT2D eigenvalue weighted by Gasteiger charge is -2.31. The van der Waals surface area contributed by atoms with Crippen LogP contribution < -0.4 is 5.32 Å². The highest BCUT2D eigenvalue weighted by molar-refractivity contribution is 6.22. The normalized spacial score (nSPS) is 12.5. The molecule has 0 aromatic rings. The molecule has 3 heteroatoms. The van der Waals surface area contributed by atoms with Crippen LogP contribution in [0.4, 0.5) is 0 Å². The summed E-state index contributed by atoms with van der Waals surface area (Å²) in [6, 6.07) is 0.535. The molecule has 0 rings (SSSR count). The number of hydrogen-bond acceptors (Lipinski definition) is 1. The van der Waals surface area contributed by atoms with E-state index in [2.05, 4.69) is 26.1 Å². The lowest BCUT2D eigenvalue weighted by atomic mass is 10.0. The first-order valence-corrected chi connectivity index (χ1v) is 5.58. The van der Waals surface area contributed by atoms with Gasteiger partial charge in [0, 0.05) is 23.3 Å². The van der Waals surface area contributed by atoms with Gasteiger partial charge in [-0.15, -0.1) is 23.2 Å². The zero-order chi connectivity index (χ0) is 9.61. The Morgan fingerprint density at radius 2 is 1.58 bits per heavy atom. The third-order valence-electron chi connectivity index (χ3n) is 2.13. The summed E-state index contributed by atoms with van der Waals surface area (Å²) in [6.07, 6.45) is 2.25. The fourth-order valence-electron chi connectivity index (χ4n) is 1.10. The minimum absolute atomic E-state index is 0.111. The quantitative estimate of drug-likeness (QED) is 0.667. The number of halogens is 2. The fourth-order valence-corrected chi connectivity index (χ4v) is 1.54. The number of hydrogen-bond donors (Lipinski definition) is 1. The Labute approximate surface area is 85.8 Å². The minimum Gasteiger partial charge on any atom is -0.307 e. The Kier molecular flexibility index (Phi) is 6.34. The highest BCUT2D eigenvalue weighted by Crippen LogP contribution is 2.12. The Hall–Kier alpha value is 0.540. The largest absolute Gasteiger partial charge is 0.307 e. The molecule has 0 saturated heterocycles. The molecule has 0 aliphatic carbocycles. The van der Waals surface area contributed by atoms with Gasteiger partial charge >= 0.3 is 0 Å². The van der Waals surface area contributed by atoms with E-state index in [0.29, 0.717) is 17.8 Å². The molecule has 0 fully saturated rings. The van der Waals surface area contributed by atoms with E-state index in [4.69, 9.17) is 23.2 Å². The molecule has 0 aliphatic heterocycles. The van der Waals surface area contributed by atoms with E-state index in [1.807, 2.05) is 0 Å². The molecule has 74 valence electrons. The van der Waals surface area contributed by atoms with Gasteiger partial charge in [-0.1, -0.05) is 13.8 Å². The van der Waals surface area contributed by atoms with Gasteiger partial charge in [-0.2, -0.15) is 0 Å². The molecule has 0 aromatic heterocycles. The van der Waals surface area contributed by atoms with Gasteiger partial charge in [-0.25, -0.2) is 0 Å². The monoisotopic (exact) mass is 211 g/mol. The maximum atomic E-state index is 5.82. The van der Waals surface area contributed by atoms with Crippen LogP contribution in [-0.2, 0) is 0 Å². The highest BCUT2D eigenvalue weighted by atomic mass is 35.5. The van der Waals surface area contributed by atoms with Crippen molar-refractivity contribution in [3.05, 3.63) is 0 Å². The molecule has 0 aliphatic rings. The molecule has 0 unspecified atom stereocenters. The molecular weight excluding hydrogens is 193 g/mol. The average Bonchev–Trinajstić information content (AvgIpc) is 2.14. The maximum absolute atomic E-state index is 5.82. The van der Waals surface area contributed by atoms with Gasteiger partial charge in [-0.05, 0) is 19.8 Å². The summed E-state index contributed by atoms with van der Waals surface area (Å²) in [4.78, 5) is 0. The molecule has 0 atom stereocenters. The first-order chi connectivity index (χ1) is 5.61. The summed E-state index contributed by atoms with van der Waals surface area (Å²) in [5.74, 6) is 1.13. The van der Waals surface area contributed by atoms with Gasteiger partial charge in [0.2, 0.25) is 0 Å². The third kappa shape index (κ3) is 3.97. The smallest absolute Gasteiger partial charge is 0.0427 e. The zero-order valence-corrected chi connectivity index (χ0v) is 9.67. The lowest BCUT2D eigenvalue weighted by molar-refractivity contribution is 0.352. The number of alkyl halides is 2. The summed E-state index contributed by atoms with van der Waals surface area (Å²) >= 11 is 11.6. The van der Waals surface area contributed by atoms with Crippen LogP contribution in [0.3, 0.4) is 0 Å². The molecule has 0 radical (unpaired) electrons. The van der Waals surface area contributed by atoms with Crippen molar-refractivity contribution in [3.63, 3.8) is 0 Å². The van der Waals surface area contributed by atoms with Crippen LogP contribution in [0.15, 0.2) is 0 Å². The SMILES string of the molecule is CCC(CC)NC(C)(CCl)CCl. The van der Waals surface area contributed by atoms with E-state index in [-0.39, 0.29) is 5.54 Å². The molecule has 12 heavy (non-hydrogen) atoms. The van der Waals surface area contributed by atoms with Gasteiger partial charge in [-0.3, -0.25) is 0 Å². The van der Waals surface area contributed by atoms with E-state index >= 15 is 0 Å². The average molecular weight is 212 g/mol. The van der Waals surface area contributed by atoms with E-state index in [1.54, 1.807) is 0 Å². The molecule has 0 amide bonds. The summed E-state index contributed by atoms with van der Waals surface area (Å²) in [5, 5.41) is 3.47. The second-order valence-electron chi connectivity index (χ2n) is 3.49. The molecule has 0 saturated carbocycles. The standard InChI is InChI=1S/C9H19Cl2N/c1-4-8(5-2)12-9(3,6-10)7-11/h8,12H,4-7H2,1-3H3. The van der Waals surface area contributed by atoms with Crippen molar-refractivity contribution in [2.75, 3.05) is 11.8 Å². The van der Waals surface area contributed by atoms with Crippen molar-refractivity contribution < 1.29 is 0 Å². The second-order valence-corrected chi connectivity index (χ2v) is 4.02. The Morgan fingerprint density at radius 3 is 1.83 bits per heavy atom. The van der Waals surface area contributed by atoms with Crippen LogP contribution in [0.5, 0.6) is 0 Å². The van der Waals surface area contributed by atoms with Crippen LogP contribution in [0.1, 0.15) is 33.6 Å². The highest BCUT2D eigenvalue weighted by Gasteiger charge is 2.23. The van der Waals surface area contributed by atoms with Crippen molar-refractivity contribution in [1.82, 2.24) is 5.32 Å². The lowest BCUT2D eigenvalue weighted by Crippen LogP contribution is -2.50. The fraction of sp³-hybridized carbons (Fsp3) is 1.00. The van der Waals surface area contributed by atoms with Gasteiger partial charge in [0.15, 0.2) is 0 Å². The molecule has 1 nitrogen and oxygen atoms in total. The molecule has 1 N–H and O–H groups in total. The van der Waals surface area contributed by atoms with E-state index in [0.717, 1.165) is 12.8 Å². The first-order valence-electron chi connectivity index (χ1n) is 4.51. The van der Waals surface area contributed by atoms with E-state index in [9.17, 15) is 0 Å². The Bertz CT molecular complexity index is 109. The molecular formula is C9H19Cl2N. The summed E-state index contributed by atoms with van der Waals surface area (Å²) in [5.41, 5.74) is -0.111. The van der Waals surface area contributed by atoms with E-state index < -0.39 is 0 Å². The topological polar surface area (TPSA) is 12.0 Å². The van der Waals surface area contributed by atoms with Crippen molar-refractivity contribution >= 4 is 23.2 Å².